The van der Waals surface area contributed by atoms with Gasteiger partial charge in [0.25, 0.3) is 0 Å². The molecule has 0 radical (unpaired) electrons. The van der Waals surface area contributed by atoms with Crippen LogP contribution in [0.5, 0.6) is 0 Å². The quantitative estimate of drug-likeness (QED) is 0.644. The first-order valence-corrected chi connectivity index (χ1v) is 4.68. The van der Waals surface area contributed by atoms with Gasteiger partial charge in [-0.25, -0.2) is 0 Å². The van der Waals surface area contributed by atoms with Crippen molar-refractivity contribution in [1.29, 1.82) is 0 Å². The third-order valence-electron chi connectivity index (χ3n) is 3.31. The molecule has 0 aromatic heterocycles. The second-order valence-electron chi connectivity index (χ2n) is 4.09. The van der Waals surface area contributed by atoms with Crippen LogP contribution in [0.2, 0.25) is 0 Å². The molecule has 0 amide bonds. The number of rotatable bonds is 2. The molecule has 0 saturated heterocycles. The molecule has 0 aromatic carbocycles. The van der Waals surface area contributed by atoms with E-state index < -0.39 is 0 Å². The zero-order valence-electron chi connectivity index (χ0n) is 7.14. The van der Waals surface area contributed by atoms with Gasteiger partial charge in [0, 0.05) is 5.41 Å². The zero-order chi connectivity index (χ0) is 7.90. The molecule has 1 fully saturated rings. The predicted molar refractivity (Wildman–Crippen MR) is 45.4 cm³/mol. The largest absolute Gasteiger partial charge is 0.512 e. The van der Waals surface area contributed by atoms with Crippen LogP contribution in [0.25, 0.3) is 0 Å². The van der Waals surface area contributed by atoms with Gasteiger partial charge in [-0.3, -0.25) is 0 Å². The Labute approximate surface area is 68.1 Å². The fourth-order valence-electron chi connectivity index (χ4n) is 2.78. The van der Waals surface area contributed by atoms with Crippen LogP contribution in [-0.2, 0) is 0 Å². The summed E-state index contributed by atoms with van der Waals surface area (Å²) in [5.74, 6) is 1.41. The van der Waals surface area contributed by atoms with E-state index in [0.29, 0.717) is 11.7 Å². The molecule has 2 aliphatic rings. The lowest BCUT2D eigenvalue weighted by atomic mass is 9.81. The Balaban J connectivity index is 2.19. The van der Waals surface area contributed by atoms with Crippen molar-refractivity contribution in [3.8, 4) is 0 Å². The standard InChI is InChI=1S/C10H16O/c1-2-4-10-5-3-8(7-10)6-9(10)11/h6,8,11H,2-5,7H2,1H3. The normalized spacial score (nSPS) is 41.2. The molecular formula is C10H16O. The summed E-state index contributed by atoms with van der Waals surface area (Å²) in [5.41, 5.74) is 0.236. The van der Waals surface area contributed by atoms with E-state index >= 15 is 0 Å². The molecule has 11 heavy (non-hydrogen) atoms. The van der Waals surface area contributed by atoms with E-state index in [9.17, 15) is 5.11 Å². The monoisotopic (exact) mass is 152 g/mol. The van der Waals surface area contributed by atoms with Crippen molar-refractivity contribution in [2.45, 2.75) is 39.0 Å². The van der Waals surface area contributed by atoms with Crippen molar-refractivity contribution in [2.24, 2.45) is 11.3 Å². The van der Waals surface area contributed by atoms with Crippen molar-refractivity contribution in [2.75, 3.05) is 0 Å². The number of allylic oxidation sites excluding steroid dienone is 2. The molecular weight excluding hydrogens is 136 g/mol. The molecule has 0 spiro atoms. The maximum absolute atomic E-state index is 9.66. The summed E-state index contributed by atoms with van der Waals surface area (Å²) in [7, 11) is 0. The Morgan fingerprint density at radius 2 is 2.55 bits per heavy atom. The highest BCUT2D eigenvalue weighted by molar-refractivity contribution is 5.20. The topological polar surface area (TPSA) is 20.2 Å². The summed E-state index contributed by atoms with van der Waals surface area (Å²) in [6.07, 6.45) is 8.24. The molecule has 1 N–H and O–H groups in total. The van der Waals surface area contributed by atoms with Gasteiger partial charge in [-0.1, -0.05) is 13.3 Å². The minimum atomic E-state index is 0.236. The van der Waals surface area contributed by atoms with Crippen LogP contribution in [0.3, 0.4) is 0 Å². The smallest absolute Gasteiger partial charge is 0.0947 e. The van der Waals surface area contributed by atoms with Crippen molar-refractivity contribution in [3.05, 3.63) is 11.8 Å². The van der Waals surface area contributed by atoms with E-state index in [-0.39, 0.29) is 5.41 Å². The number of aliphatic hydroxyl groups is 1. The highest BCUT2D eigenvalue weighted by atomic mass is 16.3. The fraction of sp³-hybridized carbons (Fsp3) is 0.800. The Hall–Kier alpha value is -0.460. The number of hydrogen-bond donors (Lipinski definition) is 1. The first-order chi connectivity index (χ1) is 5.27. The Morgan fingerprint density at radius 3 is 3.00 bits per heavy atom. The van der Waals surface area contributed by atoms with E-state index in [2.05, 4.69) is 13.0 Å². The summed E-state index contributed by atoms with van der Waals surface area (Å²) in [6, 6.07) is 0. The number of aliphatic hydroxyl groups excluding tert-OH is 1. The lowest BCUT2D eigenvalue weighted by Gasteiger charge is -2.25. The van der Waals surface area contributed by atoms with Crippen molar-refractivity contribution in [3.63, 3.8) is 0 Å². The molecule has 2 bridgehead atoms. The average Bonchev–Trinajstić information content (AvgIpc) is 2.45. The Bertz CT molecular complexity index is 195. The van der Waals surface area contributed by atoms with E-state index in [4.69, 9.17) is 0 Å². The third-order valence-corrected chi connectivity index (χ3v) is 3.31. The summed E-state index contributed by atoms with van der Waals surface area (Å²) in [6.45, 7) is 2.20. The molecule has 0 aromatic rings. The van der Waals surface area contributed by atoms with Crippen molar-refractivity contribution < 1.29 is 5.11 Å². The summed E-state index contributed by atoms with van der Waals surface area (Å²) in [5, 5.41) is 9.66. The minimum absolute atomic E-state index is 0.236. The van der Waals surface area contributed by atoms with Crippen LogP contribution >= 0.6 is 0 Å². The first kappa shape index (κ1) is 7.20. The lowest BCUT2D eigenvalue weighted by Crippen LogP contribution is -2.16. The molecule has 1 nitrogen and oxygen atoms in total. The van der Waals surface area contributed by atoms with Gasteiger partial charge >= 0.3 is 0 Å². The van der Waals surface area contributed by atoms with Gasteiger partial charge in [0.1, 0.15) is 0 Å². The molecule has 0 aliphatic heterocycles. The van der Waals surface area contributed by atoms with Crippen LogP contribution in [0.15, 0.2) is 11.8 Å². The van der Waals surface area contributed by atoms with Crippen LogP contribution in [0.1, 0.15) is 39.0 Å². The molecule has 2 unspecified atom stereocenters. The van der Waals surface area contributed by atoms with Crippen LogP contribution in [0, 0.1) is 11.3 Å². The third kappa shape index (κ3) is 0.901. The highest BCUT2D eigenvalue weighted by Crippen LogP contribution is 2.55. The summed E-state index contributed by atoms with van der Waals surface area (Å²) >= 11 is 0. The number of fused-ring (bicyclic) bond motifs is 2. The van der Waals surface area contributed by atoms with Crippen LogP contribution in [0.4, 0.5) is 0 Å². The Morgan fingerprint density at radius 1 is 1.73 bits per heavy atom. The Kier molecular flexibility index (Phi) is 1.48. The van der Waals surface area contributed by atoms with Gasteiger partial charge in [0.2, 0.25) is 0 Å². The lowest BCUT2D eigenvalue weighted by molar-refractivity contribution is 0.216. The molecule has 2 rings (SSSR count). The van der Waals surface area contributed by atoms with Gasteiger partial charge in [0.15, 0.2) is 0 Å². The molecule has 2 atom stereocenters. The van der Waals surface area contributed by atoms with Crippen molar-refractivity contribution in [1.82, 2.24) is 0 Å². The molecule has 2 aliphatic carbocycles. The number of hydrogen-bond acceptors (Lipinski definition) is 1. The fourth-order valence-corrected chi connectivity index (χ4v) is 2.78. The zero-order valence-corrected chi connectivity index (χ0v) is 7.14. The average molecular weight is 152 g/mol. The van der Waals surface area contributed by atoms with Gasteiger partial charge in [-0.15, -0.1) is 0 Å². The highest BCUT2D eigenvalue weighted by Gasteiger charge is 2.45. The van der Waals surface area contributed by atoms with Crippen molar-refractivity contribution >= 4 is 0 Å². The van der Waals surface area contributed by atoms with Gasteiger partial charge in [-0.05, 0) is 37.7 Å². The molecule has 1 heteroatoms. The SMILES string of the molecule is CCCC12CCC(C=C1O)C2. The first-order valence-electron chi connectivity index (χ1n) is 4.68. The summed E-state index contributed by atoms with van der Waals surface area (Å²) in [4.78, 5) is 0. The van der Waals surface area contributed by atoms with Crippen LogP contribution in [-0.4, -0.2) is 5.11 Å². The summed E-state index contributed by atoms with van der Waals surface area (Å²) < 4.78 is 0. The van der Waals surface area contributed by atoms with Gasteiger partial charge in [-0.2, -0.15) is 0 Å². The minimum Gasteiger partial charge on any atom is -0.512 e. The second-order valence-corrected chi connectivity index (χ2v) is 4.09. The molecule has 1 saturated carbocycles. The molecule has 62 valence electrons. The molecule has 0 heterocycles. The maximum atomic E-state index is 9.66. The van der Waals surface area contributed by atoms with Gasteiger partial charge < -0.3 is 5.11 Å². The predicted octanol–water partition coefficient (Wildman–Crippen LogP) is 3.03. The van der Waals surface area contributed by atoms with E-state index in [0.717, 1.165) is 0 Å². The second kappa shape index (κ2) is 2.26. The van der Waals surface area contributed by atoms with Crippen LogP contribution < -0.4 is 0 Å². The van der Waals surface area contributed by atoms with Gasteiger partial charge in [0.05, 0.1) is 5.76 Å². The van der Waals surface area contributed by atoms with E-state index in [1.54, 1.807) is 0 Å². The maximum Gasteiger partial charge on any atom is 0.0947 e. The van der Waals surface area contributed by atoms with E-state index in [1.807, 2.05) is 0 Å². The van der Waals surface area contributed by atoms with E-state index in [1.165, 1.54) is 32.1 Å².